The third-order valence-corrected chi connectivity index (χ3v) is 12.8. The van der Waals surface area contributed by atoms with Gasteiger partial charge in [0.05, 0.1) is 22.1 Å². The van der Waals surface area contributed by atoms with Crippen molar-refractivity contribution in [3.63, 3.8) is 0 Å². The van der Waals surface area contributed by atoms with Gasteiger partial charge >= 0.3 is 6.03 Å². The average Bonchev–Trinajstić information content (AvgIpc) is 3.76. The number of Topliss-reactive ketones (excluding diaryl/α,β-unsaturated/α-hetero) is 1. The van der Waals surface area contributed by atoms with E-state index in [2.05, 4.69) is 33.8 Å². The van der Waals surface area contributed by atoms with Crippen molar-refractivity contribution in [1.82, 2.24) is 26.2 Å². The standard InChI is InChI=1S/C36H57N5O7S/c1-9-11-15-26(28(42)31(44)37-20-10-2)38-30(43)27-21-25(24-16-17-24)22-41(27)32(45)29(34(3,4)5)39-33(46)40-36(18-13-12-14-19-36)23-49(47,48)35(6,7)8/h1,10,24-27,29H,2,11-23H2,3-8H3,(H,37,44)(H,38,43)(H2,39,40,46)/t25?,26?,27-,29+/m0/s1. The fourth-order valence-corrected chi connectivity index (χ4v) is 8.30. The lowest BCUT2D eigenvalue weighted by atomic mass is 9.83. The Morgan fingerprint density at radius 2 is 1.63 bits per heavy atom. The van der Waals surface area contributed by atoms with Gasteiger partial charge in [0.1, 0.15) is 12.1 Å². The number of terminal acetylenes is 1. The minimum absolute atomic E-state index is 0.0499. The Kier molecular flexibility index (Phi) is 13.1. The summed E-state index contributed by atoms with van der Waals surface area (Å²) in [7, 11) is -3.57. The van der Waals surface area contributed by atoms with Gasteiger partial charge in [-0.3, -0.25) is 19.2 Å². The predicted octanol–water partition coefficient (Wildman–Crippen LogP) is 3.01. The molecular formula is C36H57N5O7S. The van der Waals surface area contributed by atoms with Crippen LogP contribution in [0.4, 0.5) is 4.79 Å². The molecule has 0 aromatic rings. The largest absolute Gasteiger partial charge is 0.346 e. The molecule has 274 valence electrons. The Morgan fingerprint density at radius 3 is 2.16 bits per heavy atom. The van der Waals surface area contributed by atoms with Gasteiger partial charge in [-0.05, 0) is 76.5 Å². The maximum atomic E-state index is 14.4. The Balaban J connectivity index is 1.85. The van der Waals surface area contributed by atoms with E-state index < -0.39 is 73.2 Å². The lowest BCUT2D eigenvalue weighted by molar-refractivity contribution is -0.143. The second kappa shape index (κ2) is 16.1. The van der Waals surface area contributed by atoms with Crippen LogP contribution in [0.3, 0.4) is 0 Å². The highest BCUT2D eigenvalue weighted by atomic mass is 32.2. The fourth-order valence-electron chi connectivity index (χ4n) is 6.78. The van der Waals surface area contributed by atoms with E-state index in [1.54, 1.807) is 20.8 Å². The van der Waals surface area contributed by atoms with Crippen molar-refractivity contribution >= 4 is 39.4 Å². The number of amides is 5. The van der Waals surface area contributed by atoms with Crippen LogP contribution in [0.15, 0.2) is 12.7 Å². The van der Waals surface area contributed by atoms with Crippen LogP contribution in [-0.2, 0) is 29.0 Å². The molecule has 3 fully saturated rings. The van der Waals surface area contributed by atoms with Crippen molar-refractivity contribution in [3.8, 4) is 12.3 Å². The third kappa shape index (κ3) is 10.5. The first-order valence-electron chi connectivity index (χ1n) is 17.5. The number of carbonyl (C=O) groups excluding carboxylic acids is 5. The van der Waals surface area contributed by atoms with Gasteiger partial charge in [-0.15, -0.1) is 18.9 Å². The average molecular weight is 704 g/mol. The van der Waals surface area contributed by atoms with E-state index in [9.17, 15) is 32.4 Å². The first-order chi connectivity index (χ1) is 22.7. The monoisotopic (exact) mass is 703 g/mol. The van der Waals surface area contributed by atoms with E-state index in [0.717, 1.165) is 32.1 Å². The molecule has 2 aliphatic carbocycles. The number of carbonyl (C=O) groups is 5. The maximum absolute atomic E-state index is 14.4. The minimum Gasteiger partial charge on any atom is -0.346 e. The van der Waals surface area contributed by atoms with Gasteiger partial charge in [-0.1, -0.05) is 46.1 Å². The molecule has 1 saturated heterocycles. The number of ketones is 1. The zero-order chi connectivity index (χ0) is 36.8. The molecule has 2 unspecified atom stereocenters. The molecule has 0 spiro atoms. The van der Waals surface area contributed by atoms with Gasteiger partial charge < -0.3 is 26.2 Å². The molecule has 12 nitrogen and oxygen atoms in total. The number of nitrogens with one attached hydrogen (secondary N) is 4. The predicted molar refractivity (Wildman–Crippen MR) is 189 cm³/mol. The molecule has 0 aromatic carbocycles. The van der Waals surface area contributed by atoms with Crippen LogP contribution in [0.1, 0.15) is 106 Å². The summed E-state index contributed by atoms with van der Waals surface area (Å²) in [5, 5.41) is 11.0. The van der Waals surface area contributed by atoms with Gasteiger partial charge in [0, 0.05) is 19.5 Å². The second-order valence-electron chi connectivity index (χ2n) is 16.1. The van der Waals surface area contributed by atoms with Crippen molar-refractivity contribution < 1.29 is 32.4 Å². The Morgan fingerprint density at radius 1 is 1.00 bits per heavy atom. The summed E-state index contributed by atoms with van der Waals surface area (Å²) >= 11 is 0. The molecule has 13 heteroatoms. The fraction of sp³-hybridized carbons (Fsp3) is 0.750. The molecule has 0 radical (unpaired) electrons. The lowest BCUT2D eigenvalue weighted by Crippen LogP contribution is -2.63. The van der Waals surface area contributed by atoms with Gasteiger partial charge in [-0.25, -0.2) is 13.2 Å². The number of sulfone groups is 1. The van der Waals surface area contributed by atoms with Crippen molar-refractivity contribution in [2.75, 3.05) is 18.8 Å². The van der Waals surface area contributed by atoms with Crippen molar-refractivity contribution in [2.45, 2.75) is 134 Å². The molecule has 5 amide bonds. The molecule has 1 heterocycles. The van der Waals surface area contributed by atoms with Crippen LogP contribution < -0.4 is 21.3 Å². The number of nitrogens with zero attached hydrogens (tertiary/aromatic N) is 1. The summed E-state index contributed by atoms with van der Waals surface area (Å²) in [5.41, 5.74) is -1.75. The normalized spacial score (nSPS) is 22.2. The van der Waals surface area contributed by atoms with E-state index in [4.69, 9.17) is 6.42 Å². The quantitative estimate of drug-likeness (QED) is 0.122. The van der Waals surface area contributed by atoms with E-state index >= 15 is 0 Å². The molecule has 0 aromatic heterocycles. The van der Waals surface area contributed by atoms with Crippen LogP contribution in [0.5, 0.6) is 0 Å². The lowest BCUT2D eigenvalue weighted by Gasteiger charge is -2.41. The van der Waals surface area contributed by atoms with E-state index in [-0.39, 0.29) is 31.1 Å². The highest BCUT2D eigenvalue weighted by Gasteiger charge is 2.49. The zero-order valence-corrected chi connectivity index (χ0v) is 31.0. The topological polar surface area (TPSA) is 171 Å². The van der Waals surface area contributed by atoms with Gasteiger partial charge in [0.25, 0.3) is 5.91 Å². The number of urea groups is 1. The first-order valence-corrected chi connectivity index (χ1v) is 19.2. The summed E-state index contributed by atoms with van der Waals surface area (Å²) in [6, 6.07) is -3.79. The van der Waals surface area contributed by atoms with Crippen LogP contribution >= 0.6 is 0 Å². The van der Waals surface area contributed by atoms with Crippen LogP contribution in [0.25, 0.3) is 0 Å². The number of likely N-dealkylation sites (tertiary alicyclic amines) is 1. The van der Waals surface area contributed by atoms with Gasteiger partial charge in [0.15, 0.2) is 9.84 Å². The van der Waals surface area contributed by atoms with Crippen molar-refractivity contribution in [2.24, 2.45) is 17.3 Å². The molecule has 1 aliphatic heterocycles. The summed E-state index contributed by atoms with van der Waals surface area (Å²) in [6.07, 6.45) is 12.9. The van der Waals surface area contributed by atoms with Crippen LogP contribution in [-0.4, -0.2) is 90.1 Å². The van der Waals surface area contributed by atoms with E-state index in [1.165, 1.54) is 11.0 Å². The second-order valence-corrected chi connectivity index (χ2v) is 18.9. The molecule has 3 rings (SSSR count). The zero-order valence-electron chi connectivity index (χ0n) is 30.2. The Labute approximate surface area is 292 Å². The Hall–Kier alpha value is -3.40. The van der Waals surface area contributed by atoms with Crippen molar-refractivity contribution in [3.05, 3.63) is 12.7 Å². The smallest absolute Gasteiger partial charge is 0.315 e. The molecular weight excluding hydrogens is 646 g/mol. The first kappa shape index (κ1) is 40.0. The highest BCUT2D eigenvalue weighted by molar-refractivity contribution is 7.92. The van der Waals surface area contributed by atoms with Crippen LogP contribution in [0.2, 0.25) is 0 Å². The maximum Gasteiger partial charge on any atom is 0.315 e. The molecule has 4 atom stereocenters. The SMILES string of the molecule is C#CCCC(NC(=O)[C@@H]1CC(C2CC2)CN1C(=O)[C@@H](NC(=O)NC1(CS(=O)(=O)C(C)(C)C)CCCCC1)C(C)(C)C)C(=O)C(=O)NCC=C. The van der Waals surface area contributed by atoms with E-state index in [0.29, 0.717) is 31.7 Å². The molecule has 3 aliphatic rings. The minimum atomic E-state index is -3.57. The van der Waals surface area contributed by atoms with E-state index in [1.807, 2.05) is 20.8 Å². The van der Waals surface area contributed by atoms with Gasteiger partial charge in [0.2, 0.25) is 17.6 Å². The number of hydrogen-bond donors (Lipinski definition) is 4. The molecule has 4 N–H and O–H groups in total. The van der Waals surface area contributed by atoms with Crippen molar-refractivity contribution in [1.29, 1.82) is 0 Å². The summed E-state index contributed by atoms with van der Waals surface area (Å²) < 4.78 is 25.6. The van der Waals surface area contributed by atoms with Gasteiger partial charge in [-0.2, -0.15) is 0 Å². The summed E-state index contributed by atoms with van der Waals surface area (Å²) in [4.78, 5) is 69.0. The summed E-state index contributed by atoms with van der Waals surface area (Å²) in [5.74, 6) is -0.0305. The third-order valence-electron chi connectivity index (χ3n) is 10.0. The molecule has 2 saturated carbocycles. The van der Waals surface area contributed by atoms with Crippen LogP contribution in [0, 0.1) is 29.6 Å². The molecule has 0 bridgehead atoms. The number of rotatable bonds is 14. The highest BCUT2D eigenvalue weighted by Crippen LogP contribution is 2.44. The molecule has 49 heavy (non-hydrogen) atoms. The Bertz CT molecular complexity index is 1410. The summed E-state index contributed by atoms with van der Waals surface area (Å²) in [6.45, 7) is 14.3. The number of hydrogen-bond acceptors (Lipinski definition) is 7.